The molecule has 0 bridgehead atoms. The quantitative estimate of drug-likeness (QED) is 0.305. The summed E-state index contributed by atoms with van der Waals surface area (Å²) in [6.07, 6.45) is 0. The summed E-state index contributed by atoms with van der Waals surface area (Å²) < 4.78 is 74.0. The van der Waals surface area contributed by atoms with Crippen LogP contribution in [-0.2, 0) is 11.0 Å². The predicted molar refractivity (Wildman–Crippen MR) is 82.3 cm³/mol. The number of benzene rings is 2. The Kier molecular flexibility index (Phi) is 5.27. The van der Waals surface area contributed by atoms with Gasteiger partial charge in [0.2, 0.25) is 14.1 Å². The maximum atomic E-state index is 13.9. The van der Waals surface area contributed by atoms with E-state index in [0.717, 1.165) is 4.47 Å². The largest absolute Gasteiger partial charge is 0.408 e. The minimum Gasteiger partial charge on any atom is -0.408 e. The fourth-order valence-corrected chi connectivity index (χ4v) is 4.49. The van der Waals surface area contributed by atoms with E-state index in [1.165, 1.54) is 13.1 Å². The number of hydrogen-bond donors (Lipinski definition) is 0. The lowest BCUT2D eigenvalue weighted by Crippen LogP contribution is -2.49. The molecule has 0 aromatic heterocycles. The van der Waals surface area contributed by atoms with E-state index >= 15 is 0 Å². The Labute approximate surface area is 139 Å². The normalized spacial score (nSPS) is 11.8. The zero-order valence-corrected chi connectivity index (χ0v) is 14.8. The summed E-state index contributed by atoms with van der Waals surface area (Å²) in [7, 11) is -3.37. The molecule has 0 amide bonds. The highest BCUT2D eigenvalue weighted by Gasteiger charge is 2.38. The second-order valence-corrected chi connectivity index (χ2v) is 10.1. The van der Waals surface area contributed by atoms with Crippen molar-refractivity contribution in [2.45, 2.75) is 19.7 Å². The minimum absolute atomic E-state index is 0.00183. The van der Waals surface area contributed by atoms with Gasteiger partial charge in [0, 0.05) is 9.66 Å². The lowest BCUT2D eigenvalue weighted by Gasteiger charge is -2.25. The van der Waals surface area contributed by atoms with E-state index in [0.29, 0.717) is 5.56 Å². The summed E-state index contributed by atoms with van der Waals surface area (Å²) in [6, 6.07) is 7.00. The third kappa shape index (κ3) is 3.64. The third-order valence-electron chi connectivity index (χ3n) is 3.30. The average molecular weight is 411 g/mol. The first kappa shape index (κ1) is 18.1. The molecule has 2 rings (SSSR count). The molecule has 0 fully saturated rings. The van der Waals surface area contributed by atoms with Crippen molar-refractivity contribution in [3.05, 3.63) is 63.4 Å². The Morgan fingerprint density at radius 1 is 0.913 bits per heavy atom. The molecule has 0 aliphatic heterocycles. The Morgan fingerprint density at radius 3 is 1.96 bits per heavy atom. The molecule has 0 heterocycles. The smallest absolute Gasteiger partial charge is 0.225 e. The van der Waals surface area contributed by atoms with Crippen LogP contribution in [0.15, 0.2) is 28.7 Å². The van der Waals surface area contributed by atoms with Crippen molar-refractivity contribution in [3.63, 3.8) is 0 Å². The fourth-order valence-electron chi connectivity index (χ4n) is 2.10. The van der Waals surface area contributed by atoms with Gasteiger partial charge >= 0.3 is 0 Å². The maximum Gasteiger partial charge on any atom is 0.225 e. The predicted octanol–water partition coefficient (Wildman–Crippen LogP) is 4.77. The summed E-state index contributed by atoms with van der Waals surface area (Å²) in [5, 5.41) is -0.858. The molecule has 0 N–H and O–H groups in total. The molecule has 0 saturated carbocycles. The van der Waals surface area contributed by atoms with Crippen molar-refractivity contribution in [1.82, 2.24) is 0 Å². The number of hydrogen-bond acceptors (Lipinski definition) is 1. The van der Waals surface area contributed by atoms with Gasteiger partial charge in [-0.3, -0.25) is 0 Å². The van der Waals surface area contributed by atoms with Crippen LogP contribution in [0.25, 0.3) is 0 Å². The first-order valence-corrected chi connectivity index (χ1v) is 10.3. The summed E-state index contributed by atoms with van der Waals surface area (Å²) in [4.78, 5) is 0. The molecule has 0 unspecified atom stereocenters. The van der Waals surface area contributed by atoms with Crippen LogP contribution in [0.2, 0.25) is 13.1 Å². The van der Waals surface area contributed by atoms with Crippen LogP contribution >= 0.6 is 15.9 Å². The van der Waals surface area contributed by atoms with Crippen molar-refractivity contribution in [2.75, 3.05) is 0 Å². The van der Waals surface area contributed by atoms with Crippen LogP contribution in [0, 0.1) is 29.1 Å². The van der Waals surface area contributed by atoms with Crippen molar-refractivity contribution >= 4 is 29.4 Å². The van der Waals surface area contributed by atoms with Crippen LogP contribution < -0.4 is 5.19 Å². The van der Waals surface area contributed by atoms with E-state index < -0.39 is 42.6 Å². The van der Waals surface area contributed by atoms with E-state index in [1.807, 2.05) is 0 Å². The molecule has 23 heavy (non-hydrogen) atoms. The molecule has 2 aromatic carbocycles. The zero-order valence-electron chi connectivity index (χ0n) is 12.2. The van der Waals surface area contributed by atoms with Crippen molar-refractivity contribution in [3.8, 4) is 0 Å². The van der Waals surface area contributed by atoms with Gasteiger partial charge in [0.15, 0.2) is 23.3 Å². The van der Waals surface area contributed by atoms with Gasteiger partial charge < -0.3 is 4.43 Å². The number of rotatable bonds is 4. The first-order chi connectivity index (χ1) is 10.6. The van der Waals surface area contributed by atoms with Crippen molar-refractivity contribution < 1.29 is 26.4 Å². The molecule has 0 spiro atoms. The summed E-state index contributed by atoms with van der Waals surface area (Å²) in [5.74, 6) is -9.73. The summed E-state index contributed by atoms with van der Waals surface area (Å²) >= 11 is 3.27. The fraction of sp³-hybridized carbons (Fsp3) is 0.200. The molecule has 124 valence electrons. The molecule has 1 nitrogen and oxygen atoms in total. The third-order valence-corrected chi connectivity index (χ3v) is 6.30. The van der Waals surface area contributed by atoms with Crippen LogP contribution in [0.4, 0.5) is 22.0 Å². The SMILES string of the molecule is C[Si](C)(OCc1cccc(Br)c1)c1c(F)c(F)c(F)c(F)c1F. The van der Waals surface area contributed by atoms with E-state index in [2.05, 4.69) is 15.9 Å². The average Bonchev–Trinajstić information content (AvgIpc) is 2.49. The van der Waals surface area contributed by atoms with Crippen molar-refractivity contribution in [1.29, 1.82) is 0 Å². The molecule has 0 aliphatic rings. The highest BCUT2D eigenvalue weighted by Crippen LogP contribution is 2.21. The molecule has 0 atom stereocenters. The van der Waals surface area contributed by atoms with Gasteiger partial charge in [-0.05, 0) is 30.8 Å². The van der Waals surface area contributed by atoms with Gasteiger partial charge in [-0.2, -0.15) is 0 Å². The van der Waals surface area contributed by atoms with Gasteiger partial charge in [0.1, 0.15) is 0 Å². The van der Waals surface area contributed by atoms with Crippen LogP contribution in [0.3, 0.4) is 0 Å². The molecule has 0 saturated heterocycles. The van der Waals surface area contributed by atoms with Gasteiger partial charge in [-0.25, -0.2) is 22.0 Å². The minimum atomic E-state index is -3.37. The lowest BCUT2D eigenvalue weighted by molar-refractivity contribution is 0.300. The van der Waals surface area contributed by atoms with Crippen LogP contribution in [0.1, 0.15) is 5.56 Å². The molecule has 0 aliphatic carbocycles. The molecule has 2 aromatic rings. The standard InChI is InChI=1S/C15H12BrF5OSi/c1-23(2,22-7-8-4-3-5-9(16)6-8)15-13(20)11(18)10(17)12(19)14(15)21/h3-6H,7H2,1-2H3. The Bertz CT molecular complexity index is 722. The highest BCUT2D eigenvalue weighted by atomic mass is 79.9. The second-order valence-electron chi connectivity index (χ2n) is 5.37. The van der Waals surface area contributed by atoms with Gasteiger partial charge in [-0.15, -0.1) is 0 Å². The summed E-state index contributed by atoms with van der Waals surface area (Å²) in [5.41, 5.74) is 0.712. The second kappa shape index (κ2) is 6.70. The maximum absolute atomic E-state index is 13.9. The first-order valence-electron chi connectivity index (χ1n) is 6.55. The van der Waals surface area contributed by atoms with E-state index in [1.54, 1.807) is 24.3 Å². The highest BCUT2D eigenvalue weighted by molar-refractivity contribution is 9.10. The van der Waals surface area contributed by atoms with E-state index in [9.17, 15) is 22.0 Å². The van der Waals surface area contributed by atoms with E-state index in [-0.39, 0.29) is 6.61 Å². The Hall–Kier alpha value is -1.25. The topological polar surface area (TPSA) is 9.23 Å². The molecular weight excluding hydrogens is 399 g/mol. The van der Waals surface area contributed by atoms with Crippen LogP contribution in [0.5, 0.6) is 0 Å². The molecular formula is C15H12BrF5OSi. The van der Waals surface area contributed by atoms with Gasteiger partial charge in [0.25, 0.3) is 0 Å². The molecule has 0 radical (unpaired) electrons. The molecule has 8 heteroatoms. The lowest BCUT2D eigenvalue weighted by atomic mass is 10.2. The van der Waals surface area contributed by atoms with Gasteiger partial charge in [-0.1, -0.05) is 28.1 Å². The number of halogens is 6. The van der Waals surface area contributed by atoms with Gasteiger partial charge in [0.05, 0.1) is 6.61 Å². The Morgan fingerprint density at radius 2 is 1.43 bits per heavy atom. The van der Waals surface area contributed by atoms with Crippen LogP contribution in [-0.4, -0.2) is 8.32 Å². The van der Waals surface area contributed by atoms with Crippen molar-refractivity contribution in [2.24, 2.45) is 0 Å². The zero-order chi connectivity index (χ0) is 17.4. The van der Waals surface area contributed by atoms with E-state index in [4.69, 9.17) is 4.43 Å². The Balaban J connectivity index is 2.36. The summed E-state index contributed by atoms with van der Waals surface area (Å²) in [6.45, 7) is 2.75. The monoisotopic (exact) mass is 410 g/mol.